The van der Waals surface area contributed by atoms with Crippen molar-refractivity contribution in [3.63, 3.8) is 0 Å². The molecule has 47 heavy (non-hydrogen) atoms. The summed E-state index contributed by atoms with van der Waals surface area (Å²) in [6.45, 7) is 1.02. The van der Waals surface area contributed by atoms with Crippen LogP contribution in [-0.4, -0.2) is 43.8 Å². The lowest BCUT2D eigenvalue weighted by molar-refractivity contribution is -0.140. The Hall–Kier alpha value is -3.56. The van der Waals surface area contributed by atoms with Gasteiger partial charge in [-0.05, 0) is 73.4 Å². The van der Waals surface area contributed by atoms with Gasteiger partial charge in [-0.15, -0.1) is 0 Å². The highest BCUT2D eigenvalue weighted by Gasteiger charge is 2.36. The van der Waals surface area contributed by atoms with Crippen molar-refractivity contribution in [3.05, 3.63) is 129 Å². The van der Waals surface area contributed by atoms with E-state index in [-0.39, 0.29) is 35.5 Å². The molecule has 7 nitrogen and oxygen atoms in total. The third-order valence-corrected chi connectivity index (χ3v) is 11.1. The van der Waals surface area contributed by atoms with E-state index < -0.39 is 28.5 Å². The van der Waals surface area contributed by atoms with E-state index >= 15 is 0 Å². The molecule has 1 N–H and O–H groups in total. The number of aryl methyl sites for hydroxylation is 1. The first-order chi connectivity index (χ1) is 22.5. The van der Waals surface area contributed by atoms with Crippen molar-refractivity contribution in [2.45, 2.75) is 62.6 Å². The van der Waals surface area contributed by atoms with Gasteiger partial charge in [-0.3, -0.25) is 13.9 Å². The summed E-state index contributed by atoms with van der Waals surface area (Å²) < 4.78 is 29.5. The first kappa shape index (κ1) is 34.8. The molecular formula is C36H36Cl3N3O4S. The number of rotatable bonds is 12. The second-order valence-corrected chi connectivity index (χ2v) is 14.8. The maximum Gasteiger partial charge on any atom is 0.264 e. The molecule has 0 aliphatic heterocycles. The lowest BCUT2D eigenvalue weighted by Crippen LogP contribution is -2.54. The Balaban J connectivity index is 1.61. The van der Waals surface area contributed by atoms with Crippen molar-refractivity contribution in [1.82, 2.24) is 10.2 Å². The molecule has 11 heteroatoms. The first-order valence-corrected chi connectivity index (χ1v) is 18.0. The van der Waals surface area contributed by atoms with Gasteiger partial charge in [0.05, 0.1) is 10.6 Å². The summed E-state index contributed by atoms with van der Waals surface area (Å²) in [6.07, 6.45) is 3.93. The fourth-order valence-electron chi connectivity index (χ4n) is 5.91. The van der Waals surface area contributed by atoms with E-state index in [1.165, 1.54) is 17.0 Å². The zero-order chi connectivity index (χ0) is 33.6. The zero-order valence-corrected chi connectivity index (χ0v) is 29.0. The van der Waals surface area contributed by atoms with Gasteiger partial charge in [0.25, 0.3) is 10.0 Å². The number of amides is 2. The van der Waals surface area contributed by atoms with E-state index in [9.17, 15) is 18.0 Å². The number of hydrogen-bond donors (Lipinski definition) is 1. The Morgan fingerprint density at radius 2 is 1.47 bits per heavy atom. The number of anilines is 1. The molecule has 0 radical (unpaired) electrons. The molecule has 0 bridgehead atoms. The highest BCUT2D eigenvalue weighted by molar-refractivity contribution is 7.92. The fraction of sp³-hybridized carbons (Fsp3) is 0.278. The van der Waals surface area contributed by atoms with Gasteiger partial charge in [0.1, 0.15) is 12.6 Å². The molecule has 1 atom stereocenters. The molecule has 0 aromatic heterocycles. The Morgan fingerprint density at radius 1 is 0.851 bits per heavy atom. The largest absolute Gasteiger partial charge is 0.352 e. The van der Waals surface area contributed by atoms with Crippen LogP contribution in [-0.2, 0) is 32.6 Å². The number of nitrogens with zero attached hydrogens (tertiary/aromatic N) is 2. The fourth-order valence-corrected chi connectivity index (χ4v) is 8.15. The van der Waals surface area contributed by atoms with Gasteiger partial charge in [0.2, 0.25) is 11.8 Å². The topological polar surface area (TPSA) is 86.8 Å². The second-order valence-electron chi connectivity index (χ2n) is 11.7. The van der Waals surface area contributed by atoms with E-state index in [4.69, 9.17) is 34.8 Å². The average Bonchev–Trinajstić information content (AvgIpc) is 3.57. The number of hydrogen-bond acceptors (Lipinski definition) is 4. The predicted molar refractivity (Wildman–Crippen MR) is 189 cm³/mol. The zero-order valence-electron chi connectivity index (χ0n) is 25.9. The van der Waals surface area contributed by atoms with Gasteiger partial charge in [-0.25, -0.2) is 8.42 Å². The van der Waals surface area contributed by atoms with Gasteiger partial charge in [-0.1, -0.05) is 102 Å². The molecule has 5 rings (SSSR count). The van der Waals surface area contributed by atoms with Gasteiger partial charge in [0, 0.05) is 39.6 Å². The average molecular weight is 713 g/mol. The minimum absolute atomic E-state index is 0.00620. The highest BCUT2D eigenvalue weighted by atomic mass is 35.5. The summed E-state index contributed by atoms with van der Waals surface area (Å²) in [4.78, 5) is 30.3. The van der Waals surface area contributed by atoms with Gasteiger partial charge >= 0.3 is 0 Å². The minimum atomic E-state index is -4.24. The van der Waals surface area contributed by atoms with Crippen LogP contribution in [0.1, 0.15) is 42.4 Å². The molecule has 1 saturated carbocycles. The van der Waals surface area contributed by atoms with Crippen LogP contribution in [0.5, 0.6) is 0 Å². The van der Waals surface area contributed by atoms with Crippen LogP contribution in [0.2, 0.25) is 15.1 Å². The van der Waals surface area contributed by atoms with E-state index in [2.05, 4.69) is 5.32 Å². The lowest BCUT2D eigenvalue weighted by Gasteiger charge is -2.35. The van der Waals surface area contributed by atoms with Crippen molar-refractivity contribution < 1.29 is 18.0 Å². The molecule has 2 amide bonds. The van der Waals surface area contributed by atoms with Crippen molar-refractivity contribution >= 4 is 62.3 Å². The molecule has 0 heterocycles. The molecule has 4 aromatic rings. The van der Waals surface area contributed by atoms with E-state index in [1.54, 1.807) is 61.5 Å². The van der Waals surface area contributed by atoms with Gasteiger partial charge < -0.3 is 10.2 Å². The quantitative estimate of drug-likeness (QED) is 0.162. The number of carbonyl (C=O) groups excluding carboxylic acids is 2. The standard InChI is InChI=1S/C36H36Cl3N3O4S/c1-25-21-27(37)19-20-33(25)42(47(45,46)29-15-6-3-7-16-29)24-35(43)41(23-30-31(38)17-10-18-32(30)39)34(22-26-11-4-2-5-12-26)36(44)40-28-13-8-9-14-28/h2-7,10-12,15-21,28,34H,8-9,13-14,22-24H2,1H3,(H,40,44). The van der Waals surface area contributed by atoms with Crippen LogP contribution >= 0.6 is 34.8 Å². The van der Waals surface area contributed by atoms with Crippen LogP contribution in [0.15, 0.2) is 102 Å². The van der Waals surface area contributed by atoms with Crippen LogP contribution in [0, 0.1) is 6.92 Å². The third kappa shape index (κ3) is 8.49. The molecule has 1 unspecified atom stereocenters. The summed E-state index contributed by atoms with van der Waals surface area (Å²) in [5, 5.41) is 4.24. The second kappa shape index (κ2) is 15.6. The summed E-state index contributed by atoms with van der Waals surface area (Å²) in [6, 6.07) is 26.2. The van der Waals surface area contributed by atoms with E-state index in [0.717, 1.165) is 35.6 Å². The number of nitrogens with one attached hydrogen (secondary N) is 1. The molecule has 0 spiro atoms. The maximum atomic E-state index is 14.7. The van der Waals surface area contributed by atoms with E-state index in [0.29, 0.717) is 26.2 Å². The highest BCUT2D eigenvalue weighted by Crippen LogP contribution is 2.31. The Labute approximate surface area is 291 Å². The van der Waals surface area contributed by atoms with Crippen molar-refractivity contribution in [2.24, 2.45) is 0 Å². The van der Waals surface area contributed by atoms with Crippen molar-refractivity contribution in [1.29, 1.82) is 0 Å². The van der Waals surface area contributed by atoms with Crippen molar-refractivity contribution in [3.8, 4) is 0 Å². The third-order valence-electron chi connectivity index (χ3n) is 8.40. The lowest BCUT2D eigenvalue weighted by atomic mass is 10.0. The molecular weight excluding hydrogens is 677 g/mol. The Kier molecular flexibility index (Phi) is 11.5. The summed E-state index contributed by atoms with van der Waals surface area (Å²) in [7, 11) is -4.24. The van der Waals surface area contributed by atoms with Crippen LogP contribution in [0.3, 0.4) is 0 Å². The van der Waals surface area contributed by atoms with Crippen LogP contribution in [0.25, 0.3) is 0 Å². The molecule has 1 aliphatic rings. The molecule has 1 aliphatic carbocycles. The Bertz CT molecular complexity index is 1800. The van der Waals surface area contributed by atoms with Gasteiger partial charge in [0.15, 0.2) is 0 Å². The van der Waals surface area contributed by atoms with Crippen molar-refractivity contribution in [2.75, 3.05) is 10.8 Å². The molecule has 0 saturated heterocycles. The summed E-state index contributed by atoms with van der Waals surface area (Å²) in [5.74, 6) is -0.922. The van der Waals surface area contributed by atoms with Crippen LogP contribution < -0.4 is 9.62 Å². The summed E-state index contributed by atoms with van der Waals surface area (Å²) in [5.41, 5.74) is 2.14. The molecule has 246 valence electrons. The monoisotopic (exact) mass is 711 g/mol. The molecule has 4 aromatic carbocycles. The SMILES string of the molecule is Cc1cc(Cl)ccc1N(CC(=O)N(Cc1c(Cl)cccc1Cl)C(Cc1ccccc1)C(=O)NC1CCCC1)S(=O)(=O)c1ccccc1. The number of benzene rings is 4. The molecule has 1 fully saturated rings. The summed E-state index contributed by atoms with van der Waals surface area (Å²) >= 11 is 19.5. The minimum Gasteiger partial charge on any atom is -0.352 e. The number of sulfonamides is 1. The Morgan fingerprint density at radius 3 is 2.09 bits per heavy atom. The number of halogens is 3. The van der Waals surface area contributed by atoms with Gasteiger partial charge in [-0.2, -0.15) is 0 Å². The maximum absolute atomic E-state index is 14.7. The normalized spacial score (nSPS) is 14.0. The first-order valence-electron chi connectivity index (χ1n) is 15.4. The smallest absolute Gasteiger partial charge is 0.264 e. The van der Waals surface area contributed by atoms with Crippen LogP contribution in [0.4, 0.5) is 5.69 Å². The van der Waals surface area contributed by atoms with E-state index in [1.807, 2.05) is 30.3 Å². The predicted octanol–water partition coefficient (Wildman–Crippen LogP) is 7.85. The number of carbonyl (C=O) groups is 2.